The molecular formula is C27H25NO. The molecular weight excluding hydrogens is 354 g/mol. The zero-order valence-electron chi connectivity index (χ0n) is 16.8. The van der Waals surface area contributed by atoms with Crippen molar-refractivity contribution < 1.29 is 4.74 Å². The third kappa shape index (κ3) is 3.30. The fraction of sp³-hybridized carbons (Fsp3) is 0.185. The Bertz CT molecular complexity index is 1130. The van der Waals surface area contributed by atoms with E-state index in [1.165, 1.54) is 27.5 Å². The Hall–Kier alpha value is -3.10. The van der Waals surface area contributed by atoms with Crippen LogP contribution in [0, 0.1) is 0 Å². The minimum absolute atomic E-state index is 0.0702. The minimum atomic E-state index is -0.185. The molecule has 2 atom stereocenters. The zero-order valence-corrected chi connectivity index (χ0v) is 16.8. The monoisotopic (exact) mass is 379 g/mol. The van der Waals surface area contributed by atoms with E-state index in [1.807, 2.05) is 0 Å². The molecule has 2 heteroatoms. The molecule has 1 N–H and O–H groups in total. The first-order chi connectivity index (χ1) is 14.2. The summed E-state index contributed by atoms with van der Waals surface area (Å²) in [6.45, 7) is 4.44. The quantitative estimate of drug-likeness (QED) is 0.426. The van der Waals surface area contributed by atoms with Crippen LogP contribution in [0.3, 0.4) is 0 Å². The van der Waals surface area contributed by atoms with Gasteiger partial charge in [0.1, 0.15) is 5.75 Å². The predicted octanol–water partition coefficient (Wildman–Crippen LogP) is 6.73. The molecule has 0 aromatic heterocycles. The van der Waals surface area contributed by atoms with Gasteiger partial charge in [0.05, 0.1) is 6.04 Å². The Morgan fingerprint density at radius 2 is 1.45 bits per heavy atom. The molecule has 0 amide bonds. The molecule has 5 rings (SSSR count). The third-order valence-corrected chi connectivity index (χ3v) is 5.82. The number of hydrogen-bond donors (Lipinski definition) is 1. The molecule has 29 heavy (non-hydrogen) atoms. The van der Waals surface area contributed by atoms with Crippen LogP contribution in [0.5, 0.6) is 5.75 Å². The maximum atomic E-state index is 6.47. The number of benzene rings is 4. The Kier molecular flexibility index (Phi) is 4.57. The van der Waals surface area contributed by atoms with Crippen LogP contribution in [0.25, 0.3) is 10.8 Å². The number of rotatable bonds is 3. The van der Waals surface area contributed by atoms with Crippen molar-refractivity contribution in [2.24, 2.45) is 0 Å². The maximum absolute atomic E-state index is 6.47. The van der Waals surface area contributed by atoms with Crippen LogP contribution >= 0.6 is 0 Å². The number of nitrogens with one attached hydrogen (secondary N) is 1. The van der Waals surface area contributed by atoms with Crippen molar-refractivity contribution >= 4 is 10.8 Å². The third-order valence-electron chi connectivity index (χ3n) is 5.82. The molecule has 0 aliphatic carbocycles. The van der Waals surface area contributed by atoms with Gasteiger partial charge in [-0.3, -0.25) is 5.32 Å². The number of fused-ring (bicyclic) bond motifs is 3. The summed E-state index contributed by atoms with van der Waals surface area (Å²) in [7, 11) is 0. The number of ether oxygens (including phenoxy) is 1. The molecule has 0 unspecified atom stereocenters. The van der Waals surface area contributed by atoms with Crippen LogP contribution in [0.2, 0.25) is 0 Å². The fourth-order valence-corrected chi connectivity index (χ4v) is 4.20. The summed E-state index contributed by atoms with van der Waals surface area (Å²) >= 11 is 0. The van der Waals surface area contributed by atoms with Gasteiger partial charge in [-0.15, -0.1) is 0 Å². The van der Waals surface area contributed by atoms with E-state index in [1.54, 1.807) is 0 Å². The molecule has 0 saturated carbocycles. The Morgan fingerprint density at radius 1 is 0.724 bits per heavy atom. The molecule has 4 aromatic carbocycles. The van der Waals surface area contributed by atoms with Gasteiger partial charge in [0.2, 0.25) is 0 Å². The molecule has 0 bridgehead atoms. The highest BCUT2D eigenvalue weighted by atomic mass is 16.5. The van der Waals surface area contributed by atoms with Gasteiger partial charge in [-0.25, -0.2) is 0 Å². The van der Waals surface area contributed by atoms with Gasteiger partial charge in [-0.1, -0.05) is 98.8 Å². The summed E-state index contributed by atoms with van der Waals surface area (Å²) in [6.07, 6.45) is -0.185. The summed E-state index contributed by atoms with van der Waals surface area (Å²) in [4.78, 5) is 0. The summed E-state index contributed by atoms with van der Waals surface area (Å²) in [5.74, 6) is 1.47. The summed E-state index contributed by atoms with van der Waals surface area (Å²) < 4.78 is 6.47. The van der Waals surface area contributed by atoms with Gasteiger partial charge in [-0.05, 0) is 33.9 Å². The van der Waals surface area contributed by atoms with Gasteiger partial charge >= 0.3 is 0 Å². The SMILES string of the molecule is CC(C)c1ccc([C@@H]2N[C@@H](c3ccccc3)c3c(ccc4ccccc34)O2)cc1. The fourth-order valence-electron chi connectivity index (χ4n) is 4.20. The Morgan fingerprint density at radius 3 is 2.21 bits per heavy atom. The van der Waals surface area contributed by atoms with Gasteiger partial charge < -0.3 is 4.74 Å². The van der Waals surface area contributed by atoms with Crippen LogP contribution in [0.1, 0.15) is 54.3 Å². The predicted molar refractivity (Wildman–Crippen MR) is 119 cm³/mol. The molecule has 0 spiro atoms. The molecule has 4 aromatic rings. The van der Waals surface area contributed by atoms with Crippen LogP contribution in [0.4, 0.5) is 0 Å². The molecule has 0 fully saturated rings. The van der Waals surface area contributed by atoms with Crippen molar-refractivity contribution in [3.63, 3.8) is 0 Å². The first-order valence-corrected chi connectivity index (χ1v) is 10.3. The average Bonchev–Trinajstić information content (AvgIpc) is 2.78. The van der Waals surface area contributed by atoms with Crippen LogP contribution in [-0.4, -0.2) is 0 Å². The van der Waals surface area contributed by atoms with Gasteiger partial charge in [0.15, 0.2) is 6.23 Å². The second kappa shape index (κ2) is 7.38. The van der Waals surface area contributed by atoms with Crippen LogP contribution in [-0.2, 0) is 0 Å². The van der Waals surface area contributed by atoms with Gasteiger partial charge in [0.25, 0.3) is 0 Å². The smallest absolute Gasteiger partial charge is 0.177 e. The first kappa shape index (κ1) is 18.0. The Balaban J connectivity index is 1.62. The van der Waals surface area contributed by atoms with Crippen LogP contribution < -0.4 is 10.1 Å². The normalized spacial score (nSPS) is 18.4. The second-order valence-electron chi connectivity index (χ2n) is 8.03. The van der Waals surface area contributed by atoms with Crippen molar-refractivity contribution in [1.29, 1.82) is 0 Å². The first-order valence-electron chi connectivity index (χ1n) is 10.3. The van der Waals surface area contributed by atoms with Gasteiger partial charge in [0, 0.05) is 11.1 Å². The van der Waals surface area contributed by atoms with Crippen molar-refractivity contribution in [1.82, 2.24) is 5.32 Å². The van der Waals surface area contributed by atoms with E-state index in [0.717, 1.165) is 11.3 Å². The second-order valence-corrected chi connectivity index (χ2v) is 8.03. The van der Waals surface area contributed by atoms with E-state index in [0.29, 0.717) is 5.92 Å². The van der Waals surface area contributed by atoms with Crippen molar-refractivity contribution in [3.8, 4) is 5.75 Å². The lowest BCUT2D eigenvalue weighted by Gasteiger charge is -2.35. The molecule has 1 aliphatic rings. The van der Waals surface area contributed by atoms with Crippen molar-refractivity contribution in [2.75, 3.05) is 0 Å². The highest BCUT2D eigenvalue weighted by Gasteiger charge is 2.31. The molecule has 144 valence electrons. The van der Waals surface area contributed by atoms with E-state index in [4.69, 9.17) is 4.74 Å². The van der Waals surface area contributed by atoms with E-state index >= 15 is 0 Å². The average molecular weight is 380 g/mol. The van der Waals surface area contributed by atoms with Crippen LogP contribution in [0.15, 0.2) is 91.0 Å². The van der Waals surface area contributed by atoms with E-state index in [-0.39, 0.29) is 12.3 Å². The maximum Gasteiger partial charge on any atom is 0.177 e. The Labute approximate surface area is 172 Å². The summed E-state index contributed by atoms with van der Waals surface area (Å²) in [5, 5.41) is 6.23. The molecule has 2 nitrogen and oxygen atoms in total. The van der Waals surface area contributed by atoms with Crippen molar-refractivity contribution in [3.05, 3.63) is 113 Å². The molecule has 0 saturated heterocycles. The van der Waals surface area contributed by atoms with Gasteiger partial charge in [-0.2, -0.15) is 0 Å². The molecule has 0 radical (unpaired) electrons. The molecule has 1 heterocycles. The lowest BCUT2D eigenvalue weighted by molar-refractivity contribution is 0.133. The zero-order chi connectivity index (χ0) is 19.8. The summed E-state index contributed by atoms with van der Waals surface area (Å²) in [6, 6.07) is 32.3. The number of hydrogen-bond acceptors (Lipinski definition) is 2. The lowest BCUT2D eigenvalue weighted by Crippen LogP contribution is -2.35. The largest absolute Gasteiger partial charge is 0.471 e. The minimum Gasteiger partial charge on any atom is -0.471 e. The van der Waals surface area contributed by atoms with E-state index in [2.05, 4.69) is 110 Å². The van der Waals surface area contributed by atoms with E-state index < -0.39 is 0 Å². The topological polar surface area (TPSA) is 21.3 Å². The highest BCUT2D eigenvalue weighted by molar-refractivity contribution is 5.89. The highest BCUT2D eigenvalue weighted by Crippen LogP contribution is 2.42. The molecule has 1 aliphatic heterocycles. The van der Waals surface area contributed by atoms with E-state index in [9.17, 15) is 0 Å². The lowest BCUT2D eigenvalue weighted by atomic mass is 9.91. The summed E-state index contributed by atoms with van der Waals surface area (Å²) in [5.41, 5.74) is 4.95. The van der Waals surface area contributed by atoms with Crippen molar-refractivity contribution in [2.45, 2.75) is 32.0 Å². The standard InChI is InChI=1S/C27H25NO/c1-18(2)19-12-14-22(15-13-19)27-28-26(21-9-4-3-5-10-21)25-23-11-7-6-8-20(23)16-17-24(25)29-27/h3-18,26-28H,1-2H3/t26-,27+/m0/s1.